The van der Waals surface area contributed by atoms with E-state index in [4.69, 9.17) is 0 Å². The Morgan fingerprint density at radius 2 is 1.91 bits per heavy atom. The Labute approximate surface area is 152 Å². The second-order valence-electron chi connectivity index (χ2n) is 7.24. The number of nitrogens with one attached hydrogen (secondary N) is 3. The van der Waals surface area contributed by atoms with Gasteiger partial charge in [0.05, 0.1) is 6.54 Å². The number of rotatable bonds is 4. The summed E-state index contributed by atoms with van der Waals surface area (Å²) in [6.07, 6.45) is 5.26. The van der Waals surface area contributed by atoms with Crippen molar-refractivity contribution in [1.29, 1.82) is 0 Å². The monoisotopic (exact) mass is 424 g/mol. The van der Waals surface area contributed by atoms with E-state index in [0.29, 0.717) is 5.96 Å². The van der Waals surface area contributed by atoms with Crippen LogP contribution in [0.3, 0.4) is 0 Å². The van der Waals surface area contributed by atoms with Crippen molar-refractivity contribution in [3.63, 3.8) is 0 Å². The number of hydrogen-bond donors (Lipinski definition) is 3. The number of hydrogen-bond acceptors (Lipinski definition) is 2. The molecule has 1 rings (SSSR count). The minimum absolute atomic E-state index is 0. The molecule has 0 aromatic carbocycles. The Kier molecular flexibility index (Phi) is 10.0. The highest BCUT2D eigenvalue weighted by Gasteiger charge is 2.19. The quantitative estimate of drug-likeness (QED) is 0.369. The Morgan fingerprint density at radius 1 is 1.23 bits per heavy atom. The normalized spacial score (nSPS) is 22.5. The smallest absolute Gasteiger partial charge is 0.239 e. The zero-order chi connectivity index (χ0) is 15.9. The van der Waals surface area contributed by atoms with Gasteiger partial charge >= 0.3 is 0 Å². The van der Waals surface area contributed by atoms with E-state index in [9.17, 15) is 4.79 Å². The predicted octanol–water partition coefficient (Wildman–Crippen LogP) is 2.51. The van der Waals surface area contributed by atoms with Crippen molar-refractivity contribution in [2.75, 3.05) is 20.1 Å². The van der Waals surface area contributed by atoms with Crippen molar-refractivity contribution in [3.05, 3.63) is 0 Å². The van der Waals surface area contributed by atoms with E-state index in [-0.39, 0.29) is 42.0 Å². The van der Waals surface area contributed by atoms with Crippen molar-refractivity contribution in [3.8, 4) is 0 Å². The summed E-state index contributed by atoms with van der Waals surface area (Å²) in [6, 6.07) is 0. The van der Waals surface area contributed by atoms with Crippen LogP contribution < -0.4 is 16.0 Å². The fourth-order valence-corrected chi connectivity index (χ4v) is 2.83. The third-order valence-electron chi connectivity index (χ3n) is 3.76. The van der Waals surface area contributed by atoms with Crippen LogP contribution in [0.15, 0.2) is 4.99 Å². The molecule has 0 bridgehead atoms. The van der Waals surface area contributed by atoms with Crippen LogP contribution in [0.4, 0.5) is 0 Å². The van der Waals surface area contributed by atoms with Gasteiger partial charge in [-0.3, -0.25) is 9.79 Å². The maximum atomic E-state index is 11.8. The lowest BCUT2D eigenvalue weighted by Crippen LogP contribution is -2.48. The van der Waals surface area contributed by atoms with Crippen LogP contribution in [0.5, 0.6) is 0 Å². The second-order valence-corrected chi connectivity index (χ2v) is 7.24. The molecule has 1 fully saturated rings. The molecular formula is C16H33IN4O. The first-order valence-electron chi connectivity index (χ1n) is 8.05. The topological polar surface area (TPSA) is 65.5 Å². The molecule has 1 saturated carbocycles. The van der Waals surface area contributed by atoms with Crippen LogP contribution in [0.2, 0.25) is 0 Å². The van der Waals surface area contributed by atoms with Gasteiger partial charge in [-0.05, 0) is 45.4 Å². The summed E-state index contributed by atoms with van der Waals surface area (Å²) in [4.78, 5) is 15.9. The van der Waals surface area contributed by atoms with Gasteiger partial charge in [0.1, 0.15) is 0 Å². The maximum Gasteiger partial charge on any atom is 0.239 e. The zero-order valence-electron chi connectivity index (χ0n) is 14.7. The van der Waals surface area contributed by atoms with Gasteiger partial charge in [0.25, 0.3) is 0 Å². The van der Waals surface area contributed by atoms with Crippen LogP contribution in [0.25, 0.3) is 0 Å². The summed E-state index contributed by atoms with van der Waals surface area (Å²) >= 11 is 0. The Balaban J connectivity index is 0.00000441. The van der Waals surface area contributed by atoms with Gasteiger partial charge in [0.2, 0.25) is 5.91 Å². The molecule has 130 valence electrons. The van der Waals surface area contributed by atoms with Gasteiger partial charge in [-0.15, -0.1) is 24.0 Å². The second kappa shape index (κ2) is 10.3. The summed E-state index contributed by atoms with van der Waals surface area (Å²) in [6.45, 7) is 9.44. The minimum atomic E-state index is -0.200. The number of aliphatic imine (C=N–C) groups is 1. The third-order valence-corrected chi connectivity index (χ3v) is 3.76. The van der Waals surface area contributed by atoms with E-state index < -0.39 is 0 Å². The van der Waals surface area contributed by atoms with E-state index >= 15 is 0 Å². The molecule has 0 aliphatic heterocycles. The summed E-state index contributed by atoms with van der Waals surface area (Å²) in [5, 5.41) is 9.33. The van der Waals surface area contributed by atoms with Crippen LogP contribution in [0.1, 0.15) is 53.4 Å². The zero-order valence-corrected chi connectivity index (χ0v) is 17.0. The molecular weight excluding hydrogens is 391 g/mol. The maximum absolute atomic E-state index is 11.8. The Hall–Kier alpha value is -0.530. The predicted molar refractivity (Wildman–Crippen MR) is 104 cm³/mol. The van der Waals surface area contributed by atoms with Gasteiger partial charge in [-0.25, -0.2) is 0 Å². The third kappa shape index (κ3) is 9.48. The van der Waals surface area contributed by atoms with Gasteiger partial charge < -0.3 is 16.0 Å². The van der Waals surface area contributed by atoms with E-state index in [0.717, 1.165) is 18.4 Å². The molecule has 1 aliphatic carbocycles. The van der Waals surface area contributed by atoms with Crippen LogP contribution >= 0.6 is 24.0 Å². The fourth-order valence-electron chi connectivity index (χ4n) is 2.83. The molecule has 0 saturated heterocycles. The number of nitrogens with zero attached hydrogens (tertiary/aromatic N) is 1. The summed E-state index contributed by atoms with van der Waals surface area (Å²) in [5.41, 5.74) is -0.200. The molecule has 0 spiro atoms. The van der Waals surface area contributed by atoms with Crippen molar-refractivity contribution in [1.82, 2.24) is 16.0 Å². The summed E-state index contributed by atoms with van der Waals surface area (Å²) < 4.78 is 0. The molecule has 1 aliphatic rings. The molecule has 6 heteroatoms. The first kappa shape index (κ1) is 21.5. The molecule has 0 heterocycles. The molecule has 5 nitrogen and oxygen atoms in total. The Morgan fingerprint density at radius 3 is 2.45 bits per heavy atom. The molecule has 2 atom stereocenters. The van der Waals surface area contributed by atoms with Crippen LogP contribution in [-0.2, 0) is 4.79 Å². The van der Waals surface area contributed by atoms with E-state index in [2.05, 4.69) is 27.9 Å². The molecule has 0 radical (unpaired) electrons. The largest absolute Gasteiger partial charge is 0.356 e. The summed E-state index contributed by atoms with van der Waals surface area (Å²) in [5.74, 6) is 2.24. The lowest BCUT2D eigenvalue weighted by atomic mass is 9.82. The Bertz CT molecular complexity index is 366. The molecule has 0 aromatic rings. The molecule has 1 amide bonds. The standard InChI is InChI=1S/C16H32N4O.HI/c1-12-7-6-8-13(9-12)10-18-15(17-5)19-11-14(21)20-16(2,3)4;/h12-13H,6-11H2,1-5H3,(H,20,21)(H2,17,18,19);1H. The number of halogens is 1. The highest BCUT2D eigenvalue weighted by molar-refractivity contribution is 14.0. The van der Waals surface area contributed by atoms with Crippen molar-refractivity contribution >= 4 is 35.8 Å². The first-order chi connectivity index (χ1) is 9.80. The number of amides is 1. The van der Waals surface area contributed by atoms with Crippen LogP contribution in [0, 0.1) is 11.8 Å². The number of carbonyl (C=O) groups is 1. The number of guanidine groups is 1. The van der Waals surface area contributed by atoms with E-state index in [1.807, 2.05) is 20.8 Å². The van der Waals surface area contributed by atoms with Crippen LogP contribution in [-0.4, -0.2) is 37.5 Å². The summed E-state index contributed by atoms with van der Waals surface area (Å²) in [7, 11) is 1.74. The molecule has 2 unspecified atom stereocenters. The van der Waals surface area contributed by atoms with E-state index in [1.165, 1.54) is 25.7 Å². The van der Waals surface area contributed by atoms with Gasteiger partial charge in [0.15, 0.2) is 5.96 Å². The molecule has 3 N–H and O–H groups in total. The van der Waals surface area contributed by atoms with Gasteiger partial charge in [-0.2, -0.15) is 0 Å². The van der Waals surface area contributed by atoms with Crippen molar-refractivity contribution in [2.24, 2.45) is 16.8 Å². The van der Waals surface area contributed by atoms with E-state index in [1.54, 1.807) is 7.05 Å². The lowest BCUT2D eigenvalue weighted by Gasteiger charge is -2.27. The highest BCUT2D eigenvalue weighted by atomic mass is 127. The van der Waals surface area contributed by atoms with Crippen molar-refractivity contribution in [2.45, 2.75) is 58.9 Å². The average molecular weight is 424 g/mol. The minimum Gasteiger partial charge on any atom is -0.356 e. The molecule has 22 heavy (non-hydrogen) atoms. The van der Waals surface area contributed by atoms with Gasteiger partial charge in [0, 0.05) is 19.1 Å². The van der Waals surface area contributed by atoms with Crippen molar-refractivity contribution < 1.29 is 4.79 Å². The fraction of sp³-hybridized carbons (Fsp3) is 0.875. The molecule has 0 aromatic heterocycles. The average Bonchev–Trinajstić information content (AvgIpc) is 2.37. The first-order valence-corrected chi connectivity index (χ1v) is 8.05. The SMILES string of the molecule is CN=C(NCC(=O)NC(C)(C)C)NCC1CCCC(C)C1.I. The highest BCUT2D eigenvalue weighted by Crippen LogP contribution is 2.27. The number of carbonyl (C=O) groups excluding carboxylic acids is 1. The lowest BCUT2D eigenvalue weighted by molar-refractivity contribution is -0.121. The van der Waals surface area contributed by atoms with Gasteiger partial charge in [-0.1, -0.05) is 19.8 Å².